The lowest BCUT2D eigenvalue weighted by Crippen LogP contribution is -2.47. The molecule has 0 bridgehead atoms. The molecule has 2 aromatic rings. The molecule has 2 rings (SSSR count). The first kappa shape index (κ1) is 18.2. The van der Waals surface area contributed by atoms with Crippen molar-refractivity contribution in [3.63, 3.8) is 0 Å². The van der Waals surface area contributed by atoms with Crippen molar-refractivity contribution in [2.75, 3.05) is 13.1 Å². The van der Waals surface area contributed by atoms with E-state index in [4.69, 9.17) is 5.73 Å². The van der Waals surface area contributed by atoms with Crippen LogP contribution in [0.1, 0.15) is 28.6 Å². The number of carbonyl (C=O) groups is 2. The molecule has 1 unspecified atom stereocenters. The molecule has 2 amide bonds. The van der Waals surface area contributed by atoms with Crippen LogP contribution >= 0.6 is 11.3 Å². The molecule has 0 aliphatic carbocycles. The Labute approximate surface area is 146 Å². The van der Waals surface area contributed by atoms with Crippen molar-refractivity contribution in [3.05, 3.63) is 58.3 Å². The SMILES string of the molecule is CC(NC(=O)c1cccs1)C(=O)N(CCCN)Cc1ccccc1. The monoisotopic (exact) mass is 345 g/mol. The van der Waals surface area contributed by atoms with Gasteiger partial charge >= 0.3 is 0 Å². The molecule has 5 nitrogen and oxygen atoms in total. The third-order valence-electron chi connectivity index (χ3n) is 3.62. The molecule has 128 valence electrons. The summed E-state index contributed by atoms with van der Waals surface area (Å²) in [5.41, 5.74) is 6.64. The summed E-state index contributed by atoms with van der Waals surface area (Å²) in [6, 6.07) is 12.8. The van der Waals surface area contributed by atoms with E-state index in [-0.39, 0.29) is 11.8 Å². The number of hydrogen-bond donors (Lipinski definition) is 2. The summed E-state index contributed by atoms with van der Waals surface area (Å²) in [6.45, 7) is 3.32. The maximum Gasteiger partial charge on any atom is 0.261 e. The summed E-state index contributed by atoms with van der Waals surface area (Å²) in [7, 11) is 0. The highest BCUT2D eigenvalue weighted by Crippen LogP contribution is 2.10. The third kappa shape index (κ3) is 5.18. The predicted molar refractivity (Wildman–Crippen MR) is 96.8 cm³/mol. The van der Waals surface area contributed by atoms with E-state index in [9.17, 15) is 9.59 Å². The minimum Gasteiger partial charge on any atom is -0.340 e. The van der Waals surface area contributed by atoms with Gasteiger partial charge in [0.05, 0.1) is 4.88 Å². The Balaban J connectivity index is 2.01. The minimum absolute atomic E-state index is 0.0998. The Hall–Kier alpha value is -2.18. The molecule has 3 N–H and O–H groups in total. The summed E-state index contributed by atoms with van der Waals surface area (Å²) < 4.78 is 0. The molecule has 0 saturated carbocycles. The highest BCUT2D eigenvalue weighted by atomic mass is 32.1. The number of amides is 2. The second-order valence-electron chi connectivity index (χ2n) is 5.56. The van der Waals surface area contributed by atoms with Crippen LogP contribution in [0.15, 0.2) is 47.8 Å². The van der Waals surface area contributed by atoms with Crippen molar-refractivity contribution in [2.45, 2.75) is 25.9 Å². The van der Waals surface area contributed by atoms with Gasteiger partial charge in [0.1, 0.15) is 6.04 Å². The van der Waals surface area contributed by atoms with Gasteiger partial charge in [0.25, 0.3) is 5.91 Å². The van der Waals surface area contributed by atoms with Gasteiger partial charge in [-0.05, 0) is 36.9 Å². The summed E-state index contributed by atoms with van der Waals surface area (Å²) in [5.74, 6) is -0.318. The van der Waals surface area contributed by atoms with Crippen LogP contribution in [0.2, 0.25) is 0 Å². The molecule has 0 fully saturated rings. The quantitative estimate of drug-likeness (QED) is 0.770. The van der Waals surface area contributed by atoms with Crippen molar-refractivity contribution >= 4 is 23.2 Å². The summed E-state index contributed by atoms with van der Waals surface area (Å²) in [4.78, 5) is 27.2. The molecule has 0 aliphatic heterocycles. The predicted octanol–water partition coefficient (Wildman–Crippen LogP) is 2.24. The second kappa shape index (κ2) is 9.20. The van der Waals surface area contributed by atoms with E-state index >= 15 is 0 Å². The molecule has 1 atom stereocenters. The molecule has 1 aromatic carbocycles. The normalized spacial score (nSPS) is 11.8. The van der Waals surface area contributed by atoms with Gasteiger partial charge in [-0.2, -0.15) is 0 Å². The number of hydrogen-bond acceptors (Lipinski definition) is 4. The van der Waals surface area contributed by atoms with Crippen LogP contribution in [0.25, 0.3) is 0 Å². The van der Waals surface area contributed by atoms with Crippen molar-refractivity contribution in [2.24, 2.45) is 5.73 Å². The molecular formula is C18H23N3O2S. The lowest BCUT2D eigenvalue weighted by Gasteiger charge is -2.26. The highest BCUT2D eigenvalue weighted by Gasteiger charge is 2.22. The van der Waals surface area contributed by atoms with E-state index in [1.165, 1.54) is 11.3 Å². The molecule has 0 spiro atoms. The van der Waals surface area contributed by atoms with Crippen molar-refractivity contribution in [3.8, 4) is 0 Å². The van der Waals surface area contributed by atoms with Gasteiger partial charge in [0.2, 0.25) is 5.91 Å². The number of nitrogens with one attached hydrogen (secondary N) is 1. The smallest absolute Gasteiger partial charge is 0.261 e. The van der Waals surface area contributed by atoms with Gasteiger partial charge in [0, 0.05) is 13.1 Å². The van der Waals surface area contributed by atoms with Gasteiger partial charge in [-0.1, -0.05) is 36.4 Å². The molecule has 0 radical (unpaired) electrons. The fourth-order valence-electron chi connectivity index (χ4n) is 2.36. The Morgan fingerprint density at radius 2 is 1.96 bits per heavy atom. The number of thiophene rings is 1. The average Bonchev–Trinajstić information content (AvgIpc) is 3.13. The fourth-order valence-corrected chi connectivity index (χ4v) is 2.99. The van der Waals surface area contributed by atoms with E-state index < -0.39 is 6.04 Å². The molecular weight excluding hydrogens is 322 g/mol. The topological polar surface area (TPSA) is 75.4 Å². The van der Waals surface area contributed by atoms with E-state index in [1.807, 2.05) is 41.8 Å². The largest absolute Gasteiger partial charge is 0.340 e. The molecule has 1 heterocycles. The first-order chi connectivity index (χ1) is 11.6. The molecule has 6 heteroatoms. The maximum atomic E-state index is 12.7. The fraction of sp³-hybridized carbons (Fsp3) is 0.333. The van der Waals surface area contributed by atoms with Gasteiger partial charge in [-0.15, -0.1) is 11.3 Å². The average molecular weight is 345 g/mol. The van der Waals surface area contributed by atoms with Gasteiger partial charge in [-0.3, -0.25) is 9.59 Å². The van der Waals surface area contributed by atoms with Crippen LogP contribution in [0.3, 0.4) is 0 Å². The molecule has 1 aromatic heterocycles. The van der Waals surface area contributed by atoms with Gasteiger partial charge in [-0.25, -0.2) is 0 Å². The van der Waals surface area contributed by atoms with Crippen LogP contribution in [-0.2, 0) is 11.3 Å². The zero-order valence-electron chi connectivity index (χ0n) is 13.8. The van der Waals surface area contributed by atoms with E-state index in [0.29, 0.717) is 24.5 Å². The molecule has 24 heavy (non-hydrogen) atoms. The van der Waals surface area contributed by atoms with E-state index in [2.05, 4.69) is 5.32 Å². The number of carbonyl (C=O) groups excluding carboxylic acids is 2. The first-order valence-electron chi connectivity index (χ1n) is 7.99. The maximum absolute atomic E-state index is 12.7. The van der Waals surface area contributed by atoms with E-state index in [1.54, 1.807) is 17.9 Å². The second-order valence-corrected chi connectivity index (χ2v) is 6.51. The highest BCUT2D eigenvalue weighted by molar-refractivity contribution is 7.12. The van der Waals surface area contributed by atoms with Gasteiger partial charge in [0.15, 0.2) is 0 Å². The Morgan fingerprint density at radius 3 is 2.58 bits per heavy atom. The van der Waals surface area contributed by atoms with Crippen LogP contribution in [0, 0.1) is 0 Å². The lowest BCUT2D eigenvalue weighted by molar-refractivity contribution is -0.133. The van der Waals surface area contributed by atoms with Crippen LogP contribution < -0.4 is 11.1 Å². The third-order valence-corrected chi connectivity index (χ3v) is 4.49. The zero-order valence-corrected chi connectivity index (χ0v) is 14.6. The summed E-state index contributed by atoms with van der Waals surface area (Å²) >= 11 is 1.36. The number of nitrogens with zero attached hydrogens (tertiary/aromatic N) is 1. The van der Waals surface area contributed by atoms with Crippen LogP contribution in [0.5, 0.6) is 0 Å². The lowest BCUT2D eigenvalue weighted by atomic mass is 10.2. The van der Waals surface area contributed by atoms with Crippen molar-refractivity contribution < 1.29 is 9.59 Å². The van der Waals surface area contributed by atoms with Crippen LogP contribution in [0.4, 0.5) is 0 Å². The Bertz CT molecular complexity index is 644. The van der Waals surface area contributed by atoms with Crippen molar-refractivity contribution in [1.82, 2.24) is 10.2 Å². The number of rotatable bonds is 8. The Kier molecular flexibility index (Phi) is 6.96. The minimum atomic E-state index is -0.582. The number of nitrogens with two attached hydrogens (primary N) is 1. The van der Waals surface area contributed by atoms with Crippen molar-refractivity contribution in [1.29, 1.82) is 0 Å². The molecule has 0 saturated heterocycles. The van der Waals surface area contributed by atoms with Gasteiger partial charge < -0.3 is 16.0 Å². The summed E-state index contributed by atoms with van der Waals surface area (Å²) in [5, 5.41) is 4.61. The zero-order chi connectivity index (χ0) is 17.4. The van der Waals surface area contributed by atoms with Crippen LogP contribution in [-0.4, -0.2) is 35.8 Å². The van der Waals surface area contributed by atoms with E-state index in [0.717, 1.165) is 12.0 Å². The first-order valence-corrected chi connectivity index (χ1v) is 8.87. The Morgan fingerprint density at radius 1 is 1.21 bits per heavy atom. The number of benzene rings is 1. The standard InChI is InChI=1S/C18H23N3O2S/c1-14(20-17(22)16-9-5-12-24-16)18(23)21(11-6-10-19)13-15-7-3-2-4-8-15/h2-5,7-9,12,14H,6,10-11,13,19H2,1H3,(H,20,22). The molecule has 0 aliphatic rings. The summed E-state index contributed by atoms with van der Waals surface area (Å²) in [6.07, 6.45) is 0.726.